The summed E-state index contributed by atoms with van der Waals surface area (Å²) in [7, 11) is -3.32. The molecular weight excluding hydrogens is 508 g/mol. The van der Waals surface area contributed by atoms with Gasteiger partial charge in [-0.2, -0.15) is 0 Å². The second kappa shape index (κ2) is 11.0. The second-order valence-electron chi connectivity index (χ2n) is 10.6. The molecular formula is C27H36N4O6S. The predicted octanol–water partition coefficient (Wildman–Crippen LogP) is 2.31. The molecule has 2 aliphatic rings. The van der Waals surface area contributed by atoms with Crippen molar-refractivity contribution in [3.05, 3.63) is 58.9 Å². The number of likely N-dealkylation sites (tertiary alicyclic amines) is 1. The molecule has 0 aliphatic carbocycles. The zero-order valence-electron chi connectivity index (χ0n) is 22.3. The fourth-order valence-corrected chi connectivity index (χ4v) is 6.57. The lowest BCUT2D eigenvalue weighted by Crippen LogP contribution is -2.55. The number of ether oxygens (including phenoxy) is 1. The van der Waals surface area contributed by atoms with Crippen LogP contribution in [0.3, 0.4) is 0 Å². The molecule has 2 atom stereocenters. The van der Waals surface area contributed by atoms with E-state index in [9.17, 15) is 23.2 Å². The number of sulfonamides is 1. The van der Waals surface area contributed by atoms with Gasteiger partial charge in [0, 0.05) is 31.0 Å². The fraction of sp³-hybridized carbons (Fsp3) is 0.519. The molecule has 0 saturated carbocycles. The summed E-state index contributed by atoms with van der Waals surface area (Å²) in [6.07, 6.45) is 2.53. The number of nitrogens with one attached hydrogen (secondary N) is 1. The molecule has 0 bridgehead atoms. The Balaban J connectivity index is 1.46. The molecule has 2 amide bonds. The smallest absolute Gasteiger partial charge is 0.266 e. The van der Waals surface area contributed by atoms with Gasteiger partial charge in [0.1, 0.15) is 18.4 Å². The summed E-state index contributed by atoms with van der Waals surface area (Å²) in [4.78, 5) is 32.4. The van der Waals surface area contributed by atoms with E-state index in [2.05, 4.69) is 4.98 Å². The van der Waals surface area contributed by atoms with Crippen LogP contribution >= 0.6 is 0 Å². The molecule has 0 radical (unpaired) electrons. The Morgan fingerprint density at radius 2 is 1.76 bits per heavy atom. The van der Waals surface area contributed by atoms with Crippen LogP contribution in [0.25, 0.3) is 0 Å². The van der Waals surface area contributed by atoms with E-state index in [4.69, 9.17) is 4.74 Å². The van der Waals surface area contributed by atoms with E-state index in [1.165, 1.54) is 4.31 Å². The Bertz CT molecular complexity index is 1270. The summed E-state index contributed by atoms with van der Waals surface area (Å²) >= 11 is 0. The van der Waals surface area contributed by atoms with Crippen molar-refractivity contribution in [2.45, 2.75) is 58.1 Å². The van der Waals surface area contributed by atoms with Crippen molar-refractivity contribution in [3.63, 3.8) is 0 Å². The number of pyridine rings is 1. The number of rotatable bonds is 8. The first kappa shape index (κ1) is 28.0. The van der Waals surface area contributed by atoms with E-state index in [0.29, 0.717) is 38.2 Å². The highest BCUT2D eigenvalue weighted by molar-refractivity contribution is 7.88. The van der Waals surface area contributed by atoms with Crippen molar-refractivity contribution in [3.8, 4) is 5.75 Å². The van der Waals surface area contributed by atoms with Gasteiger partial charge in [-0.05, 0) is 81.3 Å². The van der Waals surface area contributed by atoms with Gasteiger partial charge >= 0.3 is 0 Å². The molecule has 38 heavy (non-hydrogen) atoms. The highest BCUT2D eigenvalue weighted by Crippen LogP contribution is 2.39. The Kier molecular flexibility index (Phi) is 8.10. The van der Waals surface area contributed by atoms with Crippen LogP contribution < -0.4 is 10.2 Å². The summed E-state index contributed by atoms with van der Waals surface area (Å²) in [5.41, 5.74) is 4.62. The van der Waals surface area contributed by atoms with Gasteiger partial charge < -0.3 is 9.64 Å². The maximum Gasteiger partial charge on any atom is 0.266 e. The first-order chi connectivity index (χ1) is 17.9. The van der Waals surface area contributed by atoms with E-state index >= 15 is 0 Å². The van der Waals surface area contributed by atoms with Crippen LogP contribution in [-0.2, 0) is 31.6 Å². The summed E-state index contributed by atoms with van der Waals surface area (Å²) in [6.45, 7) is 7.08. The second-order valence-corrected chi connectivity index (χ2v) is 12.6. The van der Waals surface area contributed by atoms with E-state index in [1.807, 2.05) is 57.2 Å². The Morgan fingerprint density at radius 3 is 2.32 bits per heavy atom. The highest BCUT2D eigenvalue weighted by Gasteiger charge is 2.50. The van der Waals surface area contributed by atoms with Crippen molar-refractivity contribution in [1.29, 1.82) is 0 Å². The van der Waals surface area contributed by atoms with Crippen LogP contribution in [0.5, 0.6) is 5.75 Å². The monoisotopic (exact) mass is 544 g/mol. The largest absolute Gasteiger partial charge is 0.489 e. The first-order valence-corrected chi connectivity index (χ1v) is 14.6. The van der Waals surface area contributed by atoms with Crippen molar-refractivity contribution < 1.29 is 28.0 Å². The van der Waals surface area contributed by atoms with Crippen LogP contribution in [0.2, 0.25) is 0 Å². The van der Waals surface area contributed by atoms with Crippen LogP contribution in [0.4, 0.5) is 0 Å². The average Bonchev–Trinajstić information content (AvgIpc) is 3.17. The van der Waals surface area contributed by atoms with Crippen molar-refractivity contribution in [2.75, 3.05) is 25.9 Å². The molecule has 0 spiro atoms. The Hall–Kier alpha value is -3.02. The van der Waals surface area contributed by atoms with Gasteiger partial charge in [0.25, 0.3) is 5.91 Å². The Labute approximate surface area is 224 Å². The topological polar surface area (TPSA) is 129 Å². The molecule has 2 unspecified atom stereocenters. The predicted molar refractivity (Wildman–Crippen MR) is 141 cm³/mol. The maximum absolute atomic E-state index is 13.7. The SMILES string of the molecule is Cc1cc(COc2ccc(C3(C)CCN(C(C(=O)NO)C4CCN(S(C)(=O)=O)CC4)C3=O)cc2)cc(C)n1. The molecule has 4 rings (SSSR count). The summed E-state index contributed by atoms with van der Waals surface area (Å²) in [5.74, 6) is -0.414. The molecule has 2 fully saturated rings. The molecule has 2 aliphatic heterocycles. The molecule has 206 valence electrons. The van der Waals surface area contributed by atoms with Gasteiger partial charge in [-0.25, -0.2) is 18.2 Å². The highest BCUT2D eigenvalue weighted by atomic mass is 32.2. The summed E-state index contributed by atoms with van der Waals surface area (Å²) in [6, 6.07) is 10.5. The van der Waals surface area contributed by atoms with Gasteiger partial charge in [-0.1, -0.05) is 12.1 Å². The van der Waals surface area contributed by atoms with E-state index < -0.39 is 27.4 Å². The van der Waals surface area contributed by atoms with Gasteiger partial charge in [-0.3, -0.25) is 19.8 Å². The number of hydrogen-bond acceptors (Lipinski definition) is 7. The standard InChI is InChI=1S/C27H36N4O6S/c1-18-15-20(16-19(2)28-18)17-37-23-7-5-22(6-8-23)27(3)11-14-31(26(27)33)24(25(32)29-34)21-9-12-30(13-10-21)38(4,35)36/h5-8,15-16,21,24,34H,9-14,17H2,1-4H3,(H,29,32). The third-order valence-corrected chi connectivity index (χ3v) is 9.06. The zero-order chi connectivity index (χ0) is 27.7. The van der Waals surface area contributed by atoms with Crippen LogP contribution in [-0.4, -0.2) is 71.6 Å². The lowest BCUT2D eigenvalue weighted by Gasteiger charge is -2.38. The van der Waals surface area contributed by atoms with Crippen molar-refractivity contribution >= 4 is 21.8 Å². The van der Waals surface area contributed by atoms with E-state index in [1.54, 1.807) is 10.4 Å². The average molecular weight is 545 g/mol. The van der Waals surface area contributed by atoms with Crippen LogP contribution in [0.15, 0.2) is 36.4 Å². The molecule has 2 saturated heterocycles. The zero-order valence-corrected chi connectivity index (χ0v) is 23.1. The molecule has 10 nitrogen and oxygen atoms in total. The minimum Gasteiger partial charge on any atom is -0.489 e. The number of benzene rings is 1. The normalized spacial score (nSPS) is 21.9. The fourth-order valence-electron chi connectivity index (χ4n) is 5.69. The van der Waals surface area contributed by atoms with Gasteiger partial charge in [0.05, 0.1) is 11.7 Å². The molecule has 11 heteroatoms. The number of hydroxylamine groups is 1. The van der Waals surface area contributed by atoms with E-state index in [-0.39, 0.29) is 24.9 Å². The number of carbonyl (C=O) groups is 2. The van der Waals surface area contributed by atoms with Gasteiger partial charge in [-0.15, -0.1) is 0 Å². The lowest BCUT2D eigenvalue weighted by molar-refractivity contribution is -0.146. The van der Waals surface area contributed by atoms with Gasteiger partial charge in [0.15, 0.2) is 0 Å². The minimum atomic E-state index is -3.32. The lowest BCUT2D eigenvalue weighted by atomic mass is 9.81. The maximum atomic E-state index is 13.7. The molecule has 2 N–H and O–H groups in total. The third kappa shape index (κ3) is 5.84. The molecule has 1 aromatic heterocycles. The number of carbonyl (C=O) groups excluding carboxylic acids is 2. The summed E-state index contributed by atoms with van der Waals surface area (Å²) < 4.78 is 31.1. The number of aromatic nitrogens is 1. The van der Waals surface area contributed by atoms with Crippen molar-refractivity contribution in [2.24, 2.45) is 5.92 Å². The van der Waals surface area contributed by atoms with Crippen LogP contribution in [0.1, 0.15) is 48.7 Å². The molecule has 2 aromatic rings. The minimum absolute atomic E-state index is 0.187. The third-order valence-electron chi connectivity index (χ3n) is 7.75. The number of amides is 2. The first-order valence-electron chi connectivity index (χ1n) is 12.8. The number of nitrogens with zero attached hydrogens (tertiary/aromatic N) is 3. The van der Waals surface area contributed by atoms with Crippen LogP contribution in [0, 0.1) is 19.8 Å². The quantitative estimate of drug-likeness (QED) is 0.385. The summed E-state index contributed by atoms with van der Waals surface area (Å²) in [5, 5.41) is 9.44. The molecule has 1 aromatic carbocycles. The molecule has 3 heterocycles. The van der Waals surface area contributed by atoms with Gasteiger partial charge in [0.2, 0.25) is 15.9 Å². The number of aryl methyl sites for hydroxylation is 2. The van der Waals surface area contributed by atoms with Crippen molar-refractivity contribution in [1.82, 2.24) is 19.7 Å². The number of piperidine rings is 1. The number of hydrogen-bond donors (Lipinski definition) is 2. The Morgan fingerprint density at radius 1 is 1.16 bits per heavy atom. The van der Waals surface area contributed by atoms with E-state index in [0.717, 1.165) is 28.8 Å².